The number of nitrogens with zero attached hydrogens (tertiary/aromatic N) is 2. The van der Waals surface area contributed by atoms with Gasteiger partial charge in [-0.25, -0.2) is 14.8 Å². The second-order valence-corrected chi connectivity index (χ2v) is 9.77. The van der Waals surface area contributed by atoms with E-state index in [2.05, 4.69) is 35.9 Å². The molecule has 0 aliphatic carbocycles. The molecule has 14 heteroatoms. The number of carbonyl (C=O) groups is 4. The maximum Gasteiger partial charge on any atom is 0.326 e. The van der Waals surface area contributed by atoms with Crippen molar-refractivity contribution in [3.63, 3.8) is 0 Å². The molecule has 0 aromatic carbocycles. The molecule has 8 N–H and O–H groups in total. The number of aliphatic carboxylic acids is 1. The number of H-pyrrole nitrogens is 2. The summed E-state index contributed by atoms with van der Waals surface area (Å²) in [5.74, 6) is -2.65. The third-order valence-corrected chi connectivity index (χ3v) is 6.61. The van der Waals surface area contributed by atoms with E-state index in [4.69, 9.17) is 5.73 Å². The number of imidazole rings is 2. The summed E-state index contributed by atoms with van der Waals surface area (Å²) in [6.45, 7) is 3.64. The minimum atomic E-state index is -1.15. The first-order chi connectivity index (χ1) is 17.7. The second kappa shape index (κ2) is 15.0. The van der Waals surface area contributed by atoms with Crippen molar-refractivity contribution in [1.29, 1.82) is 0 Å². The first kappa shape index (κ1) is 29.8. The summed E-state index contributed by atoms with van der Waals surface area (Å²) in [7, 11) is 0. The average molecular weight is 537 g/mol. The number of amides is 3. The average Bonchev–Trinajstić information content (AvgIpc) is 3.58. The molecule has 0 saturated carbocycles. The predicted molar refractivity (Wildman–Crippen MR) is 138 cm³/mol. The van der Waals surface area contributed by atoms with Crippen LogP contribution in [-0.2, 0) is 32.0 Å². The van der Waals surface area contributed by atoms with Gasteiger partial charge >= 0.3 is 5.97 Å². The van der Waals surface area contributed by atoms with Crippen LogP contribution in [0.1, 0.15) is 38.1 Å². The molecule has 2 aromatic rings. The number of carboxylic acids is 1. The number of nitrogens with two attached hydrogens (primary N) is 1. The van der Waals surface area contributed by atoms with E-state index in [0.29, 0.717) is 23.6 Å². The number of thioether (sulfide) groups is 1. The van der Waals surface area contributed by atoms with Gasteiger partial charge in [0.2, 0.25) is 17.7 Å². The number of carboxylic acid groups (broad SMARTS) is 1. The second-order valence-electron chi connectivity index (χ2n) is 8.78. The number of aromatic amines is 2. The summed E-state index contributed by atoms with van der Waals surface area (Å²) in [4.78, 5) is 64.5. The highest BCUT2D eigenvalue weighted by Gasteiger charge is 2.33. The molecule has 2 aromatic heterocycles. The highest BCUT2D eigenvalue weighted by molar-refractivity contribution is 7.98. The van der Waals surface area contributed by atoms with Gasteiger partial charge in [0.05, 0.1) is 18.7 Å². The van der Waals surface area contributed by atoms with E-state index >= 15 is 0 Å². The molecular formula is C23H36N8O5S. The lowest BCUT2D eigenvalue weighted by Crippen LogP contribution is -2.59. The topological polar surface area (TPSA) is 208 Å². The molecule has 0 fully saturated rings. The van der Waals surface area contributed by atoms with E-state index in [-0.39, 0.29) is 25.2 Å². The summed E-state index contributed by atoms with van der Waals surface area (Å²) in [6, 6.07) is -4.09. The van der Waals surface area contributed by atoms with Crippen LogP contribution in [0.5, 0.6) is 0 Å². The van der Waals surface area contributed by atoms with Crippen molar-refractivity contribution in [3.05, 3.63) is 36.4 Å². The molecule has 0 radical (unpaired) electrons. The molecule has 2 rings (SSSR count). The van der Waals surface area contributed by atoms with Crippen molar-refractivity contribution in [1.82, 2.24) is 35.9 Å². The quantitative estimate of drug-likeness (QED) is 0.148. The Balaban J connectivity index is 2.16. The lowest BCUT2D eigenvalue weighted by Gasteiger charge is -2.28. The minimum absolute atomic E-state index is 0.0780. The van der Waals surface area contributed by atoms with Gasteiger partial charge in [-0.05, 0) is 24.3 Å². The van der Waals surface area contributed by atoms with E-state index in [9.17, 15) is 24.3 Å². The molecule has 0 bridgehead atoms. The first-order valence-electron chi connectivity index (χ1n) is 12.0. The van der Waals surface area contributed by atoms with Crippen LogP contribution in [0.25, 0.3) is 0 Å². The molecule has 13 nitrogen and oxygen atoms in total. The van der Waals surface area contributed by atoms with Crippen molar-refractivity contribution >= 4 is 35.5 Å². The Morgan fingerprint density at radius 3 is 2.08 bits per heavy atom. The summed E-state index contributed by atoms with van der Waals surface area (Å²) in [5.41, 5.74) is 7.30. The SMILES string of the molecule is CCC(C)C(NC(=O)C(Cc1cnc[nH]1)NC(=O)C(N)Cc1cnc[nH]1)C(=O)NC(CCSC)C(=O)O. The molecule has 3 amide bonds. The fraction of sp³-hybridized carbons (Fsp3) is 0.565. The summed E-state index contributed by atoms with van der Waals surface area (Å²) < 4.78 is 0. The van der Waals surface area contributed by atoms with Crippen LogP contribution in [0.2, 0.25) is 0 Å². The monoisotopic (exact) mass is 536 g/mol. The standard InChI is InChI=1S/C23H36N8O5S/c1-4-13(2)19(22(34)29-17(23(35)36)5-6-37-3)31-21(33)18(8-15-10-26-12-28-15)30-20(32)16(24)7-14-9-25-11-27-14/h9-13,16-19H,4-8,24H2,1-3H3,(H,25,27)(H,26,28)(H,29,34)(H,30,32)(H,31,33)(H,35,36). The zero-order valence-electron chi connectivity index (χ0n) is 21.2. The van der Waals surface area contributed by atoms with Crippen LogP contribution in [0.15, 0.2) is 25.0 Å². The fourth-order valence-electron chi connectivity index (χ4n) is 3.54. The van der Waals surface area contributed by atoms with Crippen molar-refractivity contribution in [3.8, 4) is 0 Å². The number of nitrogens with one attached hydrogen (secondary N) is 5. The molecule has 0 saturated heterocycles. The van der Waals surface area contributed by atoms with Gasteiger partial charge in [-0.3, -0.25) is 14.4 Å². The van der Waals surface area contributed by atoms with Gasteiger partial charge in [-0.15, -0.1) is 0 Å². The van der Waals surface area contributed by atoms with Crippen LogP contribution < -0.4 is 21.7 Å². The molecule has 204 valence electrons. The van der Waals surface area contributed by atoms with Crippen molar-refractivity contribution < 1.29 is 24.3 Å². The fourth-order valence-corrected chi connectivity index (χ4v) is 4.01. The van der Waals surface area contributed by atoms with Gasteiger partial charge in [-0.2, -0.15) is 11.8 Å². The molecule has 37 heavy (non-hydrogen) atoms. The normalized spacial score (nSPS) is 15.1. The Labute approximate surface area is 219 Å². The predicted octanol–water partition coefficient (Wildman–Crippen LogP) is -0.416. The van der Waals surface area contributed by atoms with Gasteiger partial charge in [0.15, 0.2) is 0 Å². The molecule has 5 unspecified atom stereocenters. The van der Waals surface area contributed by atoms with Gasteiger partial charge in [0.25, 0.3) is 0 Å². The van der Waals surface area contributed by atoms with Gasteiger partial charge < -0.3 is 36.8 Å². The smallest absolute Gasteiger partial charge is 0.326 e. The third kappa shape index (κ3) is 9.53. The van der Waals surface area contributed by atoms with Crippen molar-refractivity contribution in [2.75, 3.05) is 12.0 Å². The van der Waals surface area contributed by atoms with E-state index in [1.807, 2.05) is 13.2 Å². The number of hydrogen-bond acceptors (Lipinski definition) is 8. The summed E-state index contributed by atoms with van der Waals surface area (Å²) in [6.07, 6.45) is 8.92. The van der Waals surface area contributed by atoms with Crippen LogP contribution in [0.4, 0.5) is 0 Å². The van der Waals surface area contributed by atoms with Crippen LogP contribution >= 0.6 is 11.8 Å². The highest BCUT2D eigenvalue weighted by atomic mass is 32.2. The lowest BCUT2D eigenvalue weighted by molar-refractivity contribution is -0.142. The Morgan fingerprint density at radius 1 is 0.973 bits per heavy atom. The van der Waals surface area contributed by atoms with E-state index in [1.165, 1.54) is 30.6 Å². The van der Waals surface area contributed by atoms with Gasteiger partial charge in [0, 0.05) is 36.6 Å². The molecule has 0 spiro atoms. The Morgan fingerprint density at radius 2 is 1.57 bits per heavy atom. The summed E-state index contributed by atoms with van der Waals surface area (Å²) in [5, 5.41) is 17.4. The Hall–Kier alpha value is -3.39. The summed E-state index contributed by atoms with van der Waals surface area (Å²) >= 11 is 1.47. The number of carbonyl (C=O) groups excluding carboxylic acids is 3. The van der Waals surface area contributed by atoms with Crippen LogP contribution in [-0.4, -0.2) is 84.9 Å². The minimum Gasteiger partial charge on any atom is -0.480 e. The highest BCUT2D eigenvalue weighted by Crippen LogP contribution is 2.11. The maximum absolute atomic E-state index is 13.4. The number of aromatic nitrogens is 4. The van der Waals surface area contributed by atoms with Crippen LogP contribution in [0, 0.1) is 5.92 Å². The van der Waals surface area contributed by atoms with Gasteiger partial charge in [-0.1, -0.05) is 20.3 Å². The number of rotatable bonds is 16. The van der Waals surface area contributed by atoms with E-state index in [0.717, 1.165) is 0 Å². The van der Waals surface area contributed by atoms with Crippen molar-refractivity contribution in [2.45, 2.75) is 63.7 Å². The van der Waals surface area contributed by atoms with E-state index in [1.54, 1.807) is 13.1 Å². The van der Waals surface area contributed by atoms with Crippen molar-refractivity contribution in [2.24, 2.45) is 11.7 Å². The van der Waals surface area contributed by atoms with Crippen LogP contribution in [0.3, 0.4) is 0 Å². The molecule has 0 aliphatic heterocycles. The zero-order valence-corrected chi connectivity index (χ0v) is 22.0. The largest absolute Gasteiger partial charge is 0.480 e. The maximum atomic E-state index is 13.4. The zero-order chi connectivity index (χ0) is 27.4. The Bertz CT molecular complexity index is 1000. The Kier molecular flexibility index (Phi) is 12.1. The first-order valence-corrected chi connectivity index (χ1v) is 13.4. The number of hydrogen-bond donors (Lipinski definition) is 7. The molecule has 5 atom stereocenters. The van der Waals surface area contributed by atoms with E-state index < -0.39 is 47.9 Å². The molecular weight excluding hydrogens is 500 g/mol. The third-order valence-electron chi connectivity index (χ3n) is 5.96. The molecule has 0 aliphatic rings. The lowest BCUT2D eigenvalue weighted by atomic mass is 9.97. The molecule has 2 heterocycles. The van der Waals surface area contributed by atoms with Gasteiger partial charge in [0.1, 0.15) is 18.1 Å².